The van der Waals surface area contributed by atoms with Crippen LogP contribution in [0, 0.1) is 13.8 Å². The summed E-state index contributed by atoms with van der Waals surface area (Å²) in [6.45, 7) is 4.00. The molecule has 0 bridgehead atoms. The Morgan fingerprint density at radius 3 is 2.65 bits per heavy atom. The Morgan fingerprint density at radius 2 is 1.96 bits per heavy atom. The lowest BCUT2D eigenvalue weighted by atomic mass is 10.1. The standard InChI is InChI=1S/C17H16N4O3S2/c1-9-5-10(2)7-11(6-9)15-20-21-17(24-15)26-8-13(22)19-16-12(14(18)23)3-4-25-16/h3-7H,8H2,1-2H3,(H2,18,23)(H,19,22). The van der Waals surface area contributed by atoms with Gasteiger partial charge in [-0.15, -0.1) is 21.5 Å². The topological polar surface area (TPSA) is 111 Å². The number of nitrogens with zero attached hydrogens (tertiary/aromatic N) is 2. The normalized spacial score (nSPS) is 10.7. The van der Waals surface area contributed by atoms with Gasteiger partial charge in [0.2, 0.25) is 11.8 Å². The lowest BCUT2D eigenvalue weighted by Gasteiger charge is -2.03. The molecule has 3 aromatic rings. The number of carbonyl (C=O) groups excluding carboxylic acids is 2. The van der Waals surface area contributed by atoms with Crippen molar-refractivity contribution in [2.75, 3.05) is 11.1 Å². The molecule has 9 heteroatoms. The predicted octanol–water partition coefficient (Wildman–Crippen LogP) is 3.24. The monoisotopic (exact) mass is 388 g/mol. The van der Waals surface area contributed by atoms with Crippen molar-refractivity contribution in [3.8, 4) is 11.5 Å². The van der Waals surface area contributed by atoms with Gasteiger partial charge in [0.25, 0.3) is 11.1 Å². The second-order valence-corrected chi connectivity index (χ2v) is 7.46. The van der Waals surface area contributed by atoms with Crippen LogP contribution in [0.4, 0.5) is 5.00 Å². The third-order valence-electron chi connectivity index (χ3n) is 3.39. The summed E-state index contributed by atoms with van der Waals surface area (Å²) in [5, 5.41) is 13.1. The maximum Gasteiger partial charge on any atom is 0.277 e. The number of aromatic nitrogens is 2. The second-order valence-electron chi connectivity index (χ2n) is 5.61. The van der Waals surface area contributed by atoms with E-state index in [-0.39, 0.29) is 11.7 Å². The Balaban J connectivity index is 1.62. The zero-order chi connectivity index (χ0) is 18.7. The van der Waals surface area contributed by atoms with Crippen LogP contribution in [0.25, 0.3) is 11.5 Å². The first-order valence-corrected chi connectivity index (χ1v) is 9.51. The molecular formula is C17H16N4O3S2. The molecule has 0 fully saturated rings. The number of aryl methyl sites for hydroxylation is 2. The molecule has 26 heavy (non-hydrogen) atoms. The maximum atomic E-state index is 12.1. The van der Waals surface area contributed by atoms with Crippen molar-refractivity contribution >= 4 is 39.9 Å². The van der Waals surface area contributed by atoms with E-state index >= 15 is 0 Å². The van der Waals surface area contributed by atoms with Crippen molar-refractivity contribution in [1.29, 1.82) is 0 Å². The van der Waals surface area contributed by atoms with Gasteiger partial charge in [0.1, 0.15) is 5.00 Å². The number of amides is 2. The average molecular weight is 388 g/mol. The van der Waals surface area contributed by atoms with E-state index in [0.717, 1.165) is 28.5 Å². The smallest absolute Gasteiger partial charge is 0.277 e. The molecule has 2 amide bonds. The van der Waals surface area contributed by atoms with Gasteiger partial charge < -0.3 is 15.5 Å². The molecule has 0 aliphatic heterocycles. The van der Waals surface area contributed by atoms with Gasteiger partial charge in [-0.1, -0.05) is 29.0 Å². The number of rotatable bonds is 6. The summed E-state index contributed by atoms with van der Waals surface area (Å²) in [5.74, 6) is -0.380. The lowest BCUT2D eigenvalue weighted by molar-refractivity contribution is -0.113. The Morgan fingerprint density at radius 1 is 1.23 bits per heavy atom. The minimum atomic E-state index is -0.579. The first-order valence-electron chi connectivity index (χ1n) is 7.64. The molecule has 3 rings (SSSR count). The number of nitrogens with two attached hydrogens (primary N) is 1. The van der Waals surface area contributed by atoms with Crippen LogP contribution in [-0.2, 0) is 4.79 Å². The minimum Gasteiger partial charge on any atom is -0.411 e. The van der Waals surface area contributed by atoms with Crippen LogP contribution in [0.5, 0.6) is 0 Å². The van der Waals surface area contributed by atoms with Crippen molar-refractivity contribution < 1.29 is 14.0 Å². The fourth-order valence-electron chi connectivity index (χ4n) is 2.37. The molecule has 7 nitrogen and oxygen atoms in total. The van der Waals surface area contributed by atoms with Gasteiger partial charge in [0.15, 0.2) is 0 Å². The molecule has 0 atom stereocenters. The molecule has 0 saturated heterocycles. The van der Waals surface area contributed by atoms with Crippen LogP contribution in [-0.4, -0.2) is 27.8 Å². The Bertz CT molecular complexity index is 944. The maximum absolute atomic E-state index is 12.1. The molecule has 0 aliphatic carbocycles. The highest BCUT2D eigenvalue weighted by Crippen LogP contribution is 2.26. The number of hydrogen-bond donors (Lipinski definition) is 2. The largest absolute Gasteiger partial charge is 0.411 e. The molecule has 3 N–H and O–H groups in total. The van der Waals surface area contributed by atoms with Gasteiger partial charge in [-0.3, -0.25) is 9.59 Å². The number of thioether (sulfide) groups is 1. The van der Waals surface area contributed by atoms with Gasteiger partial charge >= 0.3 is 0 Å². The quantitative estimate of drug-likeness (QED) is 0.627. The van der Waals surface area contributed by atoms with Gasteiger partial charge in [-0.25, -0.2) is 0 Å². The van der Waals surface area contributed by atoms with Gasteiger partial charge in [-0.2, -0.15) is 0 Å². The molecule has 0 spiro atoms. The highest BCUT2D eigenvalue weighted by Gasteiger charge is 2.15. The fraction of sp³-hybridized carbons (Fsp3) is 0.176. The predicted molar refractivity (Wildman–Crippen MR) is 101 cm³/mol. The summed E-state index contributed by atoms with van der Waals surface area (Å²) in [6, 6.07) is 7.56. The highest BCUT2D eigenvalue weighted by molar-refractivity contribution is 7.99. The summed E-state index contributed by atoms with van der Waals surface area (Å²) in [4.78, 5) is 23.3. The SMILES string of the molecule is Cc1cc(C)cc(-c2nnc(SCC(=O)Nc3sccc3C(N)=O)o2)c1. The van der Waals surface area contributed by atoms with Crippen molar-refractivity contribution in [1.82, 2.24) is 10.2 Å². The minimum absolute atomic E-state index is 0.0740. The van der Waals surface area contributed by atoms with E-state index in [1.807, 2.05) is 26.0 Å². The van der Waals surface area contributed by atoms with Crippen molar-refractivity contribution in [3.63, 3.8) is 0 Å². The van der Waals surface area contributed by atoms with E-state index in [1.54, 1.807) is 11.4 Å². The summed E-state index contributed by atoms with van der Waals surface area (Å²) in [5.41, 5.74) is 8.60. The van der Waals surface area contributed by atoms with Crippen LogP contribution in [0.2, 0.25) is 0 Å². The first-order chi connectivity index (χ1) is 12.4. The van der Waals surface area contributed by atoms with E-state index in [0.29, 0.717) is 21.7 Å². The van der Waals surface area contributed by atoms with Crippen LogP contribution >= 0.6 is 23.1 Å². The van der Waals surface area contributed by atoms with E-state index < -0.39 is 5.91 Å². The molecule has 2 aromatic heterocycles. The average Bonchev–Trinajstić information content (AvgIpc) is 3.21. The summed E-state index contributed by atoms with van der Waals surface area (Å²) >= 11 is 2.36. The number of carbonyl (C=O) groups is 2. The number of thiophene rings is 1. The van der Waals surface area contributed by atoms with Crippen molar-refractivity contribution in [2.45, 2.75) is 19.1 Å². The number of nitrogens with one attached hydrogen (secondary N) is 1. The highest BCUT2D eigenvalue weighted by atomic mass is 32.2. The van der Waals surface area contributed by atoms with Crippen LogP contribution < -0.4 is 11.1 Å². The van der Waals surface area contributed by atoms with Gasteiger partial charge in [0.05, 0.1) is 11.3 Å². The molecular weight excluding hydrogens is 372 g/mol. The van der Waals surface area contributed by atoms with Crippen molar-refractivity contribution in [2.24, 2.45) is 5.73 Å². The summed E-state index contributed by atoms with van der Waals surface area (Å²) in [6.07, 6.45) is 0. The molecule has 1 aromatic carbocycles. The summed E-state index contributed by atoms with van der Waals surface area (Å²) in [7, 11) is 0. The zero-order valence-corrected chi connectivity index (χ0v) is 15.7. The molecule has 0 unspecified atom stereocenters. The Hall–Kier alpha value is -2.65. The number of hydrogen-bond acceptors (Lipinski definition) is 7. The van der Waals surface area contributed by atoms with Crippen LogP contribution in [0.3, 0.4) is 0 Å². The third-order valence-corrected chi connectivity index (χ3v) is 5.03. The van der Waals surface area contributed by atoms with E-state index in [1.165, 1.54) is 11.3 Å². The van der Waals surface area contributed by atoms with E-state index in [9.17, 15) is 9.59 Å². The molecule has 0 saturated carbocycles. The number of anilines is 1. The number of benzene rings is 1. The summed E-state index contributed by atoms with van der Waals surface area (Å²) < 4.78 is 5.62. The van der Waals surface area contributed by atoms with Crippen molar-refractivity contribution in [3.05, 3.63) is 46.3 Å². The van der Waals surface area contributed by atoms with Crippen LogP contribution in [0.1, 0.15) is 21.5 Å². The first kappa shape index (κ1) is 18.2. The van der Waals surface area contributed by atoms with Crippen LogP contribution in [0.15, 0.2) is 39.3 Å². The molecule has 0 radical (unpaired) electrons. The second kappa shape index (κ2) is 7.71. The molecule has 134 valence electrons. The fourth-order valence-corrected chi connectivity index (χ4v) is 3.74. The van der Waals surface area contributed by atoms with E-state index in [4.69, 9.17) is 10.2 Å². The lowest BCUT2D eigenvalue weighted by Crippen LogP contribution is -2.17. The number of primary amides is 1. The Labute approximate surface area is 158 Å². The molecule has 0 aliphatic rings. The molecule has 2 heterocycles. The zero-order valence-electron chi connectivity index (χ0n) is 14.1. The van der Waals surface area contributed by atoms with E-state index in [2.05, 4.69) is 21.6 Å². The van der Waals surface area contributed by atoms with Gasteiger partial charge in [0, 0.05) is 5.56 Å². The Kier molecular flexibility index (Phi) is 5.38. The third kappa shape index (κ3) is 4.30. The van der Waals surface area contributed by atoms with Gasteiger partial charge in [-0.05, 0) is 37.4 Å².